The smallest absolute Gasteiger partial charge is 0.229 e. The normalized spacial score (nSPS) is 10.7. The molecule has 1 heterocycles. The molecule has 0 saturated carbocycles. The van der Waals surface area contributed by atoms with Gasteiger partial charge in [-0.3, -0.25) is 4.79 Å². The standard InChI is InChI=1S/C22H24ClN3O2/c1-4-12-28-21-11-10-17(23)13-20(21)24-22(27)14-19-15(2)25-26(16(19)3)18-8-6-5-7-9-18/h5-11,13H,4,12,14H2,1-3H3,(H,24,27). The molecule has 0 bridgehead atoms. The minimum atomic E-state index is -0.137. The van der Waals surface area contributed by atoms with Crippen LogP contribution in [0.4, 0.5) is 5.69 Å². The van der Waals surface area contributed by atoms with Crippen molar-refractivity contribution in [1.82, 2.24) is 9.78 Å². The molecule has 0 atom stereocenters. The predicted octanol–water partition coefficient (Wildman–Crippen LogP) is 5.11. The molecule has 6 heteroatoms. The number of halogens is 1. The number of rotatable bonds is 7. The quantitative estimate of drug-likeness (QED) is 0.602. The number of anilines is 1. The van der Waals surface area contributed by atoms with Crippen molar-refractivity contribution in [3.8, 4) is 11.4 Å². The molecule has 1 N–H and O–H groups in total. The highest BCUT2D eigenvalue weighted by Gasteiger charge is 2.17. The van der Waals surface area contributed by atoms with E-state index in [4.69, 9.17) is 16.3 Å². The Bertz CT molecular complexity index is 967. The summed E-state index contributed by atoms with van der Waals surface area (Å²) in [5, 5.41) is 8.08. The lowest BCUT2D eigenvalue weighted by Gasteiger charge is -2.13. The minimum absolute atomic E-state index is 0.137. The van der Waals surface area contributed by atoms with Crippen LogP contribution in [0.25, 0.3) is 5.69 Å². The molecule has 3 aromatic rings. The number of para-hydroxylation sites is 1. The van der Waals surface area contributed by atoms with Gasteiger partial charge in [-0.1, -0.05) is 36.7 Å². The van der Waals surface area contributed by atoms with Crippen LogP contribution >= 0.6 is 11.6 Å². The average Bonchev–Trinajstić information content (AvgIpc) is 2.96. The van der Waals surface area contributed by atoms with Gasteiger partial charge in [0.1, 0.15) is 5.75 Å². The summed E-state index contributed by atoms with van der Waals surface area (Å²) in [5.41, 5.74) is 4.26. The number of hydrogen-bond acceptors (Lipinski definition) is 3. The molecule has 1 aromatic heterocycles. The fourth-order valence-corrected chi connectivity index (χ4v) is 3.22. The van der Waals surface area contributed by atoms with Crippen LogP contribution in [0.5, 0.6) is 5.75 Å². The van der Waals surface area contributed by atoms with Gasteiger partial charge in [0.15, 0.2) is 0 Å². The second-order valence-corrected chi connectivity index (χ2v) is 7.05. The highest BCUT2D eigenvalue weighted by atomic mass is 35.5. The first-order valence-electron chi connectivity index (χ1n) is 9.32. The molecule has 0 saturated heterocycles. The Balaban J connectivity index is 1.79. The molecule has 2 aromatic carbocycles. The number of carbonyl (C=O) groups excluding carboxylic acids is 1. The first-order chi connectivity index (χ1) is 13.5. The first kappa shape index (κ1) is 20.0. The SMILES string of the molecule is CCCOc1ccc(Cl)cc1NC(=O)Cc1c(C)nn(-c2ccccc2)c1C. The summed E-state index contributed by atoms with van der Waals surface area (Å²) >= 11 is 6.10. The summed E-state index contributed by atoms with van der Waals surface area (Å²) in [7, 11) is 0. The minimum Gasteiger partial charge on any atom is -0.491 e. The molecule has 0 radical (unpaired) electrons. The molecule has 28 heavy (non-hydrogen) atoms. The number of nitrogens with zero attached hydrogens (tertiary/aromatic N) is 2. The van der Waals surface area contributed by atoms with Gasteiger partial charge in [0.05, 0.1) is 30.1 Å². The molecular weight excluding hydrogens is 374 g/mol. The van der Waals surface area contributed by atoms with Crippen LogP contribution in [0.15, 0.2) is 48.5 Å². The number of nitrogens with one attached hydrogen (secondary N) is 1. The van der Waals surface area contributed by atoms with Crippen LogP contribution in [-0.4, -0.2) is 22.3 Å². The van der Waals surface area contributed by atoms with Gasteiger partial charge in [-0.25, -0.2) is 4.68 Å². The van der Waals surface area contributed by atoms with Crippen molar-refractivity contribution >= 4 is 23.2 Å². The van der Waals surface area contributed by atoms with Crippen molar-refractivity contribution in [2.45, 2.75) is 33.6 Å². The molecule has 0 aliphatic carbocycles. The molecule has 1 amide bonds. The second kappa shape index (κ2) is 8.93. The number of benzene rings is 2. The molecule has 146 valence electrons. The Hall–Kier alpha value is -2.79. The molecular formula is C22H24ClN3O2. The van der Waals surface area contributed by atoms with E-state index < -0.39 is 0 Å². The van der Waals surface area contributed by atoms with Crippen molar-refractivity contribution < 1.29 is 9.53 Å². The lowest BCUT2D eigenvalue weighted by atomic mass is 10.1. The zero-order chi connectivity index (χ0) is 20.1. The van der Waals surface area contributed by atoms with Gasteiger partial charge in [-0.15, -0.1) is 0 Å². The molecule has 0 aliphatic rings. The number of ether oxygens (including phenoxy) is 1. The maximum Gasteiger partial charge on any atom is 0.229 e. The highest BCUT2D eigenvalue weighted by Crippen LogP contribution is 2.28. The number of hydrogen-bond donors (Lipinski definition) is 1. The topological polar surface area (TPSA) is 56.1 Å². The van der Waals surface area contributed by atoms with Gasteiger partial charge in [0.2, 0.25) is 5.91 Å². The molecule has 0 aliphatic heterocycles. The van der Waals surface area contributed by atoms with E-state index in [2.05, 4.69) is 10.4 Å². The summed E-state index contributed by atoms with van der Waals surface area (Å²) in [6, 6.07) is 15.1. The van der Waals surface area contributed by atoms with Gasteiger partial charge in [0, 0.05) is 16.3 Å². The van der Waals surface area contributed by atoms with Crippen LogP contribution in [0.2, 0.25) is 5.02 Å². The van der Waals surface area contributed by atoms with Crippen molar-refractivity contribution in [3.05, 3.63) is 70.5 Å². The van der Waals surface area contributed by atoms with Crippen LogP contribution in [-0.2, 0) is 11.2 Å². The Kier molecular flexibility index (Phi) is 6.37. The summed E-state index contributed by atoms with van der Waals surface area (Å²) in [4.78, 5) is 12.7. The van der Waals surface area contributed by atoms with E-state index in [-0.39, 0.29) is 12.3 Å². The van der Waals surface area contributed by atoms with Gasteiger partial charge < -0.3 is 10.1 Å². The number of amides is 1. The summed E-state index contributed by atoms with van der Waals surface area (Å²) in [6.45, 7) is 6.51. The van der Waals surface area contributed by atoms with Crippen molar-refractivity contribution in [1.29, 1.82) is 0 Å². The fourth-order valence-electron chi connectivity index (χ4n) is 3.04. The summed E-state index contributed by atoms with van der Waals surface area (Å²) < 4.78 is 7.58. The van der Waals surface area contributed by atoms with Gasteiger partial charge in [-0.2, -0.15) is 5.10 Å². The summed E-state index contributed by atoms with van der Waals surface area (Å²) in [6.07, 6.45) is 1.11. The zero-order valence-corrected chi connectivity index (χ0v) is 17.1. The Morgan fingerprint density at radius 1 is 1.18 bits per heavy atom. The maximum atomic E-state index is 12.7. The van der Waals surface area contributed by atoms with Crippen LogP contribution in [0.1, 0.15) is 30.3 Å². The lowest BCUT2D eigenvalue weighted by Crippen LogP contribution is -2.16. The lowest BCUT2D eigenvalue weighted by molar-refractivity contribution is -0.115. The number of aromatic nitrogens is 2. The Morgan fingerprint density at radius 3 is 2.64 bits per heavy atom. The highest BCUT2D eigenvalue weighted by molar-refractivity contribution is 6.31. The third-order valence-electron chi connectivity index (χ3n) is 4.46. The number of aryl methyl sites for hydroxylation is 1. The fraction of sp³-hybridized carbons (Fsp3) is 0.273. The number of carbonyl (C=O) groups is 1. The van der Waals surface area contributed by atoms with E-state index in [1.54, 1.807) is 18.2 Å². The van der Waals surface area contributed by atoms with Gasteiger partial charge in [-0.05, 0) is 50.6 Å². The van der Waals surface area contributed by atoms with Gasteiger partial charge in [0.25, 0.3) is 0 Å². The third kappa shape index (κ3) is 4.54. The summed E-state index contributed by atoms with van der Waals surface area (Å²) in [5.74, 6) is 0.482. The maximum absolute atomic E-state index is 12.7. The molecule has 5 nitrogen and oxygen atoms in total. The van der Waals surface area contributed by atoms with E-state index in [1.165, 1.54) is 0 Å². The van der Waals surface area contributed by atoms with E-state index in [0.29, 0.717) is 23.1 Å². The zero-order valence-electron chi connectivity index (χ0n) is 16.3. The molecule has 0 spiro atoms. The van der Waals surface area contributed by atoms with E-state index in [0.717, 1.165) is 29.1 Å². The monoisotopic (exact) mass is 397 g/mol. The van der Waals surface area contributed by atoms with Crippen molar-refractivity contribution in [2.75, 3.05) is 11.9 Å². The van der Waals surface area contributed by atoms with Crippen molar-refractivity contribution in [2.24, 2.45) is 0 Å². The first-order valence-corrected chi connectivity index (χ1v) is 9.70. The predicted molar refractivity (Wildman–Crippen MR) is 113 cm³/mol. The van der Waals surface area contributed by atoms with Crippen LogP contribution in [0, 0.1) is 13.8 Å². The van der Waals surface area contributed by atoms with Crippen LogP contribution < -0.4 is 10.1 Å². The average molecular weight is 398 g/mol. The van der Waals surface area contributed by atoms with E-state index in [1.807, 2.05) is 55.8 Å². The van der Waals surface area contributed by atoms with Crippen LogP contribution in [0.3, 0.4) is 0 Å². The van der Waals surface area contributed by atoms with Crippen molar-refractivity contribution in [3.63, 3.8) is 0 Å². The molecule has 3 rings (SSSR count). The third-order valence-corrected chi connectivity index (χ3v) is 4.69. The Labute approximate surface area is 170 Å². The van der Waals surface area contributed by atoms with E-state index >= 15 is 0 Å². The largest absolute Gasteiger partial charge is 0.491 e. The van der Waals surface area contributed by atoms with E-state index in [9.17, 15) is 4.79 Å². The Morgan fingerprint density at radius 2 is 1.93 bits per heavy atom. The second-order valence-electron chi connectivity index (χ2n) is 6.61. The van der Waals surface area contributed by atoms with Gasteiger partial charge >= 0.3 is 0 Å². The molecule has 0 fully saturated rings. The molecule has 0 unspecified atom stereocenters.